The molecule has 5 heteroatoms. The summed E-state index contributed by atoms with van der Waals surface area (Å²) in [7, 11) is 0. The number of ketones is 1. The molecule has 160 valence electrons. The van der Waals surface area contributed by atoms with Crippen LogP contribution < -0.4 is 5.32 Å². The van der Waals surface area contributed by atoms with E-state index in [2.05, 4.69) is 5.32 Å². The molecule has 3 rings (SSSR count). The van der Waals surface area contributed by atoms with E-state index < -0.39 is 6.04 Å². The normalized spacial score (nSPS) is 12.7. The number of benzene rings is 3. The number of hydrogen-bond acceptors (Lipinski definition) is 3. The van der Waals surface area contributed by atoms with Crippen molar-refractivity contribution in [2.45, 2.75) is 25.3 Å². The highest BCUT2D eigenvalue weighted by Gasteiger charge is 2.25. The zero-order valence-electron chi connectivity index (χ0n) is 17.2. The highest BCUT2D eigenvalue weighted by molar-refractivity contribution is 5.98. The smallest absolute Gasteiger partial charge is 0.251 e. The molecule has 2 N–H and O–H groups in total. The number of Topliss-reactive ketones (excluding diaryl/α,β-unsaturated/α-hetero) is 1. The van der Waals surface area contributed by atoms with Crippen LogP contribution in [0.3, 0.4) is 0 Å². The summed E-state index contributed by atoms with van der Waals surface area (Å²) in [5, 5.41) is 12.6. The lowest BCUT2D eigenvalue weighted by Crippen LogP contribution is -2.43. The van der Waals surface area contributed by atoms with Gasteiger partial charge in [0.15, 0.2) is 5.78 Å². The van der Waals surface area contributed by atoms with Gasteiger partial charge < -0.3 is 10.4 Å². The summed E-state index contributed by atoms with van der Waals surface area (Å²) in [4.78, 5) is 25.8. The van der Waals surface area contributed by atoms with Crippen molar-refractivity contribution in [3.63, 3.8) is 0 Å². The molecule has 0 heterocycles. The Labute approximate surface area is 181 Å². The first-order valence-corrected chi connectivity index (χ1v) is 10.3. The van der Waals surface area contributed by atoms with Crippen molar-refractivity contribution in [1.29, 1.82) is 0 Å². The number of halogens is 1. The lowest BCUT2D eigenvalue weighted by Gasteiger charge is -2.21. The van der Waals surface area contributed by atoms with Crippen molar-refractivity contribution >= 4 is 11.7 Å². The second kappa shape index (κ2) is 11.2. The van der Waals surface area contributed by atoms with Crippen LogP contribution in [0.25, 0.3) is 0 Å². The van der Waals surface area contributed by atoms with Gasteiger partial charge in [0, 0.05) is 18.6 Å². The molecule has 0 aliphatic carbocycles. The molecule has 1 amide bonds. The van der Waals surface area contributed by atoms with Gasteiger partial charge in [0.2, 0.25) is 0 Å². The molecule has 0 aromatic heterocycles. The Bertz CT molecular complexity index is 975. The molecule has 0 saturated heterocycles. The molecular formula is C26H26FNO3. The summed E-state index contributed by atoms with van der Waals surface area (Å²) in [6, 6.07) is 23.5. The molecule has 0 fully saturated rings. The van der Waals surface area contributed by atoms with Crippen molar-refractivity contribution in [3.05, 3.63) is 107 Å². The number of aliphatic hydroxyl groups is 1. The van der Waals surface area contributed by atoms with Crippen LogP contribution in [0.2, 0.25) is 0 Å². The Balaban J connectivity index is 1.74. The van der Waals surface area contributed by atoms with Crippen LogP contribution in [-0.2, 0) is 17.6 Å². The van der Waals surface area contributed by atoms with Gasteiger partial charge in [0.05, 0.1) is 6.04 Å². The van der Waals surface area contributed by atoms with E-state index in [1.54, 1.807) is 36.4 Å². The van der Waals surface area contributed by atoms with Crippen LogP contribution in [0.5, 0.6) is 0 Å². The maximum absolute atomic E-state index is 13.3. The number of carbonyl (C=O) groups excluding carboxylic acids is 2. The van der Waals surface area contributed by atoms with Gasteiger partial charge >= 0.3 is 0 Å². The number of rotatable bonds is 10. The van der Waals surface area contributed by atoms with Gasteiger partial charge in [0.25, 0.3) is 5.91 Å². The lowest BCUT2D eigenvalue weighted by molar-refractivity contribution is -0.122. The first kappa shape index (κ1) is 22.4. The standard InChI is InChI=1S/C26H26FNO3/c27-23-13-11-20(12-14-23)16-24(28-26(31)22-9-5-2-6-10-22)25(30)17-21(18-29)15-19-7-3-1-4-8-19/h1-14,21,24,29H,15-18H2,(H,28,31)/t21-,24+/m1/s1. The molecule has 0 saturated carbocycles. The molecule has 0 aliphatic rings. The molecule has 3 aromatic rings. The Morgan fingerprint density at radius 1 is 0.806 bits per heavy atom. The Kier molecular flexibility index (Phi) is 8.07. The fourth-order valence-corrected chi connectivity index (χ4v) is 3.51. The van der Waals surface area contributed by atoms with Gasteiger partial charge in [-0.2, -0.15) is 0 Å². The molecule has 0 aliphatic heterocycles. The van der Waals surface area contributed by atoms with Crippen LogP contribution in [0.15, 0.2) is 84.9 Å². The van der Waals surface area contributed by atoms with E-state index in [1.165, 1.54) is 12.1 Å². The third-order valence-electron chi connectivity index (χ3n) is 5.20. The van der Waals surface area contributed by atoms with Crippen LogP contribution in [0, 0.1) is 11.7 Å². The van der Waals surface area contributed by atoms with Gasteiger partial charge in [-0.15, -0.1) is 0 Å². The number of aliphatic hydroxyl groups excluding tert-OH is 1. The maximum atomic E-state index is 13.3. The quantitative estimate of drug-likeness (QED) is 0.522. The Morgan fingerprint density at radius 2 is 1.39 bits per heavy atom. The second-order valence-electron chi connectivity index (χ2n) is 7.63. The molecule has 31 heavy (non-hydrogen) atoms. The van der Waals surface area contributed by atoms with Crippen LogP contribution in [0.1, 0.15) is 27.9 Å². The second-order valence-corrected chi connectivity index (χ2v) is 7.63. The molecule has 0 bridgehead atoms. The third-order valence-corrected chi connectivity index (χ3v) is 5.20. The topological polar surface area (TPSA) is 66.4 Å². The summed E-state index contributed by atoms with van der Waals surface area (Å²) >= 11 is 0. The highest BCUT2D eigenvalue weighted by Crippen LogP contribution is 2.16. The minimum absolute atomic E-state index is 0.128. The molecule has 4 nitrogen and oxygen atoms in total. The van der Waals surface area contributed by atoms with Crippen LogP contribution in [0.4, 0.5) is 4.39 Å². The van der Waals surface area contributed by atoms with Crippen LogP contribution in [-0.4, -0.2) is 29.4 Å². The summed E-state index contributed by atoms with van der Waals surface area (Å²) in [6.45, 7) is -0.128. The fraction of sp³-hybridized carbons (Fsp3) is 0.231. The summed E-state index contributed by atoms with van der Waals surface area (Å²) in [5.74, 6) is -1.12. The Morgan fingerprint density at radius 3 is 2.00 bits per heavy atom. The highest BCUT2D eigenvalue weighted by atomic mass is 19.1. The predicted octanol–water partition coefficient (Wildman–Crippen LogP) is 3.98. The van der Waals surface area contributed by atoms with E-state index in [0.717, 1.165) is 11.1 Å². The molecule has 3 aromatic carbocycles. The van der Waals surface area contributed by atoms with E-state index in [4.69, 9.17) is 0 Å². The van der Waals surface area contributed by atoms with Crippen LogP contribution >= 0.6 is 0 Å². The van der Waals surface area contributed by atoms with Crippen molar-refractivity contribution in [3.8, 4) is 0 Å². The molecule has 0 radical (unpaired) electrons. The first-order valence-electron chi connectivity index (χ1n) is 10.3. The SMILES string of the molecule is O=C(N[C@@H](Cc1ccc(F)cc1)C(=O)C[C@H](CO)Cc1ccccc1)c1ccccc1. The monoisotopic (exact) mass is 419 g/mol. The largest absolute Gasteiger partial charge is 0.396 e. The summed E-state index contributed by atoms with van der Waals surface area (Å²) in [6.07, 6.45) is 0.951. The predicted molar refractivity (Wildman–Crippen MR) is 118 cm³/mol. The Hall–Kier alpha value is -3.31. The van der Waals surface area contributed by atoms with E-state index in [9.17, 15) is 19.1 Å². The van der Waals surface area contributed by atoms with E-state index in [0.29, 0.717) is 12.0 Å². The summed E-state index contributed by atoms with van der Waals surface area (Å²) < 4.78 is 13.3. The average Bonchev–Trinajstić information content (AvgIpc) is 2.80. The molecule has 0 spiro atoms. The van der Waals surface area contributed by atoms with Gasteiger partial charge in [-0.25, -0.2) is 4.39 Å². The molecule has 2 atom stereocenters. The number of carbonyl (C=O) groups is 2. The number of hydrogen-bond donors (Lipinski definition) is 2. The van der Waals surface area contributed by atoms with E-state index >= 15 is 0 Å². The number of amides is 1. The zero-order valence-corrected chi connectivity index (χ0v) is 17.2. The fourth-order valence-electron chi connectivity index (χ4n) is 3.51. The summed E-state index contributed by atoms with van der Waals surface area (Å²) in [5.41, 5.74) is 2.25. The van der Waals surface area contributed by atoms with Gasteiger partial charge in [0.1, 0.15) is 5.82 Å². The van der Waals surface area contributed by atoms with Gasteiger partial charge in [-0.1, -0.05) is 60.7 Å². The van der Waals surface area contributed by atoms with Crippen molar-refractivity contribution in [2.75, 3.05) is 6.61 Å². The first-order chi connectivity index (χ1) is 15.0. The minimum Gasteiger partial charge on any atom is -0.396 e. The average molecular weight is 419 g/mol. The maximum Gasteiger partial charge on any atom is 0.251 e. The third kappa shape index (κ3) is 6.86. The minimum atomic E-state index is -0.775. The lowest BCUT2D eigenvalue weighted by atomic mass is 9.90. The van der Waals surface area contributed by atoms with Crippen molar-refractivity contribution in [2.24, 2.45) is 5.92 Å². The van der Waals surface area contributed by atoms with Crippen molar-refractivity contribution < 1.29 is 19.1 Å². The van der Waals surface area contributed by atoms with Crippen molar-refractivity contribution in [1.82, 2.24) is 5.32 Å². The molecule has 0 unspecified atom stereocenters. The molecular weight excluding hydrogens is 393 g/mol. The van der Waals surface area contributed by atoms with Gasteiger partial charge in [-0.3, -0.25) is 9.59 Å². The number of nitrogens with one attached hydrogen (secondary N) is 1. The van der Waals surface area contributed by atoms with E-state index in [1.807, 2.05) is 36.4 Å². The van der Waals surface area contributed by atoms with Gasteiger partial charge in [-0.05, 0) is 54.2 Å². The van der Waals surface area contributed by atoms with E-state index in [-0.39, 0.29) is 42.9 Å². The zero-order chi connectivity index (χ0) is 22.1.